The predicted molar refractivity (Wildman–Crippen MR) is 83.8 cm³/mol. The van der Waals surface area contributed by atoms with Crippen LogP contribution < -0.4 is 10.6 Å². The third-order valence-electron chi connectivity index (χ3n) is 4.31. The maximum atomic E-state index is 11.4. The van der Waals surface area contributed by atoms with E-state index in [9.17, 15) is 8.76 Å². The lowest BCUT2D eigenvalue weighted by Crippen LogP contribution is -2.45. The summed E-state index contributed by atoms with van der Waals surface area (Å²) in [6.07, 6.45) is -0.496. The van der Waals surface area contributed by atoms with Crippen LogP contribution in [0, 0.1) is 5.92 Å². The number of rotatable bonds is 2. The maximum absolute atomic E-state index is 11.4. The average molecular weight is 338 g/mol. The van der Waals surface area contributed by atoms with Crippen LogP contribution in [0.5, 0.6) is 0 Å². The van der Waals surface area contributed by atoms with Crippen molar-refractivity contribution in [2.45, 2.75) is 24.4 Å². The zero-order valence-corrected chi connectivity index (χ0v) is 13.4. The molecule has 2 atom stereocenters. The molecule has 3 aliphatic rings. The van der Waals surface area contributed by atoms with Gasteiger partial charge in [-0.1, -0.05) is 0 Å². The van der Waals surface area contributed by atoms with Crippen molar-refractivity contribution in [3.05, 3.63) is 29.5 Å². The monoisotopic (exact) mass is 338 g/mol. The molecule has 3 N–H and O–H groups in total. The van der Waals surface area contributed by atoms with Gasteiger partial charge < -0.3 is 29.4 Å². The summed E-state index contributed by atoms with van der Waals surface area (Å²) in [7, 11) is 0. The van der Waals surface area contributed by atoms with Gasteiger partial charge in [-0.05, 0) is 30.7 Å². The number of anilines is 1. The Bertz CT molecular complexity index is 686. The molecule has 1 fully saturated rings. The van der Waals surface area contributed by atoms with E-state index in [4.69, 9.17) is 14.2 Å². The highest BCUT2D eigenvalue weighted by Gasteiger charge is 2.41. The molecule has 8 heteroatoms. The molecule has 0 bridgehead atoms. The fourth-order valence-electron chi connectivity index (χ4n) is 3.25. The van der Waals surface area contributed by atoms with E-state index in [2.05, 4.69) is 10.6 Å². The average Bonchev–Trinajstić information content (AvgIpc) is 2.88. The third-order valence-corrected chi connectivity index (χ3v) is 4.96. The fourth-order valence-corrected chi connectivity index (χ4v) is 3.65. The van der Waals surface area contributed by atoms with Crippen LogP contribution in [0.15, 0.2) is 28.8 Å². The minimum atomic E-state index is -2.02. The molecule has 0 radical (unpaired) electrons. The van der Waals surface area contributed by atoms with E-state index in [1.54, 1.807) is 18.2 Å². The topological polar surface area (TPSA) is 89.1 Å². The minimum absolute atomic E-state index is 0.0193. The van der Waals surface area contributed by atoms with E-state index >= 15 is 0 Å². The van der Waals surface area contributed by atoms with E-state index in [1.165, 1.54) is 0 Å². The lowest BCUT2D eigenvalue weighted by atomic mass is 9.91. The summed E-state index contributed by atoms with van der Waals surface area (Å²) in [6, 6.07) is 5.19. The van der Waals surface area contributed by atoms with Crippen molar-refractivity contribution in [2.75, 3.05) is 25.2 Å². The van der Waals surface area contributed by atoms with E-state index < -0.39 is 11.1 Å². The molecule has 0 aliphatic carbocycles. The molecule has 1 aromatic rings. The van der Waals surface area contributed by atoms with Crippen molar-refractivity contribution in [3.8, 4) is 0 Å². The summed E-state index contributed by atoms with van der Waals surface area (Å²) in [4.78, 5) is 0.369. The second kappa shape index (κ2) is 5.88. The first kappa shape index (κ1) is 15.1. The molecule has 0 saturated carbocycles. The van der Waals surface area contributed by atoms with Gasteiger partial charge in [0.15, 0.2) is 23.7 Å². The Labute approximate surface area is 136 Å². The first-order chi connectivity index (χ1) is 11.1. The van der Waals surface area contributed by atoms with Crippen LogP contribution in [-0.4, -0.2) is 41.2 Å². The summed E-state index contributed by atoms with van der Waals surface area (Å²) in [5.74, 6) is 0.0193. The van der Waals surface area contributed by atoms with Crippen LogP contribution in [0.25, 0.3) is 5.57 Å². The molecule has 1 aromatic carbocycles. The number of fused-ring (bicyclic) bond motifs is 2. The summed E-state index contributed by atoms with van der Waals surface area (Å²) < 4.78 is 37.8. The quantitative estimate of drug-likeness (QED) is 0.701. The zero-order valence-electron chi connectivity index (χ0n) is 12.6. The van der Waals surface area contributed by atoms with Gasteiger partial charge in [0, 0.05) is 23.5 Å². The maximum Gasteiger partial charge on any atom is 0.186 e. The lowest BCUT2D eigenvalue weighted by Gasteiger charge is -2.38. The largest absolute Gasteiger partial charge is 0.385 e. The molecule has 23 heavy (non-hydrogen) atoms. The molecular weight excluding hydrogens is 320 g/mol. The van der Waals surface area contributed by atoms with Crippen LogP contribution in [0.2, 0.25) is 0 Å². The molecule has 3 heterocycles. The number of nitrogens with one attached hydrogen (secondary N) is 2. The Kier molecular flexibility index (Phi) is 3.86. The molecule has 7 nitrogen and oxygen atoms in total. The Morgan fingerprint density at radius 3 is 2.87 bits per heavy atom. The highest BCUT2D eigenvalue weighted by molar-refractivity contribution is 7.79. The molecule has 124 valence electrons. The molecular formula is C15H18N2O5S. The number of hydrogen-bond donors (Lipinski definition) is 3. The fraction of sp³-hybridized carbons (Fsp3) is 0.467. The molecule has 0 spiro atoms. The van der Waals surface area contributed by atoms with Crippen molar-refractivity contribution in [1.29, 1.82) is 0 Å². The third kappa shape index (κ3) is 2.66. The standard InChI is InChI=1S/C15H18N2O5S/c1-8-21-15(22-8)11-5-16-13-6-20-7-17-12-3-2-9(23(18)19)4-10(12)14(11)13/h2-4,8,11,15-17H,5-7H2,1H3,(H,18,19). The first-order valence-electron chi connectivity index (χ1n) is 7.48. The Hall–Kier alpha value is -1.45. The van der Waals surface area contributed by atoms with Gasteiger partial charge in [-0.15, -0.1) is 0 Å². The smallest absolute Gasteiger partial charge is 0.186 e. The summed E-state index contributed by atoms with van der Waals surface area (Å²) in [5.41, 5.74) is 3.76. The van der Waals surface area contributed by atoms with Gasteiger partial charge in [-0.25, -0.2) is 4.21 Å². The van der Waals surface area contributed by atoms with Crippen molar-refractivity contribution in [1.82, 2.24) is 5.32 Å². The van der Waals surface area contributed by atoms with Gasteiger partial charge >= 0.3 is 0 Å². The van der Waals surface area contributed by atoms with E-state index in [0.29, 0.717) is 24.8 Å². The van der Waals surface area contributed by atoms with Crippen molar-refractivity contribution in [2.24, 2.45) is 5.92 Å². The van der Waals surface area contributed by atoms with Crippen LogP contribution in [0.3, 0.4) is 0 Å². The van der Waals surface area contributed by atoms with Gasteiger partial charge in [-0.2, -0.15) is 0 Å². The van der Waals surface area contributed by atoms with Crippen molar-refractivity contribution in [3.63, 3.8) is 0 Å². The van der Waals surface area contributed by atoms with Crippen molar-refractivity contribution >= 4 is 22.3 Å². The molecule has 0 amide bonds. The Balaban J connectivity index is 1.79. The van der Waals surface area contributed by atoms with Crippen molar-refractivity contribution < 1.29 is 23.0 Å². The number of benzene rings is 1. The summed E-state index contributed by atoms with van der Waals surface area (Å²) >= 11 is -2.02. The van der Waals surface area contributed by atoms with E-state index in [1.807, 2.05) is 6.92 Å². The predicted octanol–water partition coefficient (Wildman–Crippen LogP) is 1.32. The number of hydrogen-bond acceptors (Lipinski definition) is 6. The van der Waals surface area contributed by atoms with Crippen LogP contribution in [-0.2, 0) is 25.3 Å². The summed E-state index contributed by atoms with van der Waals surface area (Å²) in [5, 5.41) is 6.56. The highest BCUT2D eigenvalue weighted by Crippen LogP contribution is 2.41. The van der Waals surface area contributed by atoms with Crippen LogP contribution in [0.4, 0.5) is 5.69 Å². The zero-order chi connectivity index (χ0) is 16.0. The van der Waals surface area contributed by atoms with E-state index in [-0.39, 0.29) is 18.5 Å². The molecule has 2 unspecified atom stereocenters. The highest BCUT2D eigenvalue weighted by atomic mass is 32.2. The second-order valence-corrected chi connectivity index (χ2v) is 6.68. The van der Waals surface area contributed by atoms with Gasteiger partial charge in [0.25, 0.3) is 0 Å². The lowest BCUT2D eigenvalue weighted by molar-refractivity contribution is -0.385. The van der Waals surface area contributed by atoms with Gasteiger partial charge in [0.1, 0.15) is 6.73 Å². The van der Waals surface area contributed by atoms with Gasteiger partial charge in [-0.3, -0.25) is 0 Å². The van der Waals surface area contributed by atoms with Gasteiger partial charge in [0.2, 0.25) is 0 Å². The van der Waals surface area contributed by atoms with Crippen LogP contribution in [0.1, 0.15) is 12.5 Å². The van der Waals surface area contributed by atoms with E-state index in [0.717, 1.165) is 22.5 Å². The minimum Gasteiger partial charge on any atom is -0.385 e. The van der Waals surface area contributed by atoms with Gasteiger partial charge in [0.05, 0.1) is 17.4 Å². The molecule has 3 aliphatic heterocycles. The second-order valence-electron chi connectivity index (χ2n) is 5.71. The molecule has 0 aromatic heterocycles. The SMILES string of the molecule is CC1OC(C2CNC3=C2c2cc(S(=O)O)ccc2NCOC3)O1. The Morgan fingerprint density at radius 2 is 2.13 bits per heavy atom. The summed E-state index contributed by atoms with van der Waals surface area (Å²) in [6.45, 7) is 3.38. The first-order valence-corrected chi connectivity index (χ1v) is 8.59. The van der Waals surface area contributed by atoms with Crippen LogP contribution >= 0.6 is 0 Å². The molecule has 1 saturated heterocycles. The number of ether oxygens (including phenoxy) is 3. The normalized spacial score (nSPS) is 31.0. The Morgan fingerprint density at radius 1 is 1.30 bits per heavy atom. The molecule has 4 rings (SSSR count).